The van der Waals surface area contributed by atoms with Crippen molar-refractivity contribution in [1.29, 1.82) is 0 Å². The maximum Gasteiger partial charge on any atom is 0.262 e. The van der Waals surface area contributed by atoms with E-state index in [4.69, 9.17) is 4.74 Å². The first-order valence-corrected chi connectivity index (χ1v) is 7.35. The van der Waals surface area contributed by atoms with Crippen LogP contribution in [0.5, 0.6) is 5.75 Å². The first kappa shape index (κ1) is 15.6. The molecule has 0 radical (unpaired) electrons. The van der Waals surface area contributed by atoms with Gasteiger partial charge in [0.15, 0.2) is 6.61 Å². The van der Waals surface area contributed by atoms with E-state index in [0.29, 0.717) is 11.4 Å². The van der Waals surface area contributed by atoms with E-state index in [2.05, 4.69) is 5.32 Å². The number of ether oxygens (including phenoxy) is 1. The Hall–Kier alpha value is -3.34. The van der Waals surface area contributed by atoms with Gasteiger partial charge in [-0.05, 0) is 40.6 Å². The van der Waals surface area contributed by atoms with Crippen molar-refractivity contribution in [3.8, 4) is 5.75 Å². The van der Waals surface area contributed by atoms with Gasteiger partial charge in [-0.1, -0.05) is 42.5 Å². The molecule has 0 fully saturated rings. The Balaban J connectivity index is 1.62. The average molecular weight is 320 g/mol. The molecule has 0 bridgehead atoms. The number of nitrogens with one attached hydrogen (secondary N) is 1. The first-order chi connectivity index (χ1) is 11.6. The number of fused-ring (bicyclic) bond motifs is 1. The van der Waals surface area contributed by atoms with Gasteiger partial charge in [0.1, 0.15) is 5.75 Å². The van der Waals surface area contributed by atoms with Gasteiger partial charge < -0.3 is 20.0 Å². The number of carboxylic acid groups (broad SMARTS) is 1. The molecule has 0 spiro atoms. The minimum absolute atomic E-state index is 0.00301. The van der Waals surface area contributed by atoms with E-state index in [1.54, 1.807) is 12.1 Å². The van der Waals surface area contributed by atoms with Crippen molar-refractivity contribution in [3.63, 3.8) is 0 Å². The lowest BCUT2D eigenvalue weighted by atomic mass is 10.1. The van der Waals surface area contributed by atoms with Crippen molar-refractivity contribution in [2.75, 3.05) is 11.9 Å². The highest BCUT2D eigenvalue weighted by atomic mass is 16.5. The van der Waals surface area contributed by atoms with E-state index in [9.17, 15) is 14.7 Å². The van der Waals surface area contributed by atoms with Crippen LogP contribution in [0.1, 0.15) is 10.4 Å². The number of carbonyl (C=O) groups excluding carboxylic acids is 2. The van der Waals surface area contributed by atoms with Crippen molar-refractivity contribution in [2.24, 2.45) is 0 Å². The van der Waals surface area contributed by atoms with E-state index in [-0.39, 0.29) is 18.1 Å². The molecule has 5 heteroatoms. The number of amides is 1. The van der Waals surface area contributed by atoms with Gasteiger partial charge in [-0.3, -0.25) is 4.79 Å². The molecule has 3 rings (SSSR count). The van der Waals surface area contributed by atoms with Crippen LogP contribution in [-0.4, -0.2) is 18.5 Å². The summed E-state index contributed by atoms with van der Waals surface area (Å²) in [4.78, 5) is 22.7. The molecular formula is C19H14NO4-. The number of benzene rings is 3. The quantitative estimate of drug-likeness (QED) is 0.782. The van der Waals surface area contributed by atoms with Crippen LogP contribution in [0.3, 0.4) is 0 Å². The molecule has 0 saturated carbocycles. The number of carboxylic acids is 1. The Morgan fingerprint density at radius 1 is 0.917 bits per heavy atom. The van der Waals surface area contributed by atoms with Crippen LogP contribution < -0.4 is 15.2 Å². The molecule has 1 amide bonds. The van der Waals surface area contributed by atoms with Crippen LogP contribution in [0, 0.1) is 0 Å². The Morgan fingerprint density at radius 3 is 2.50 bits per heavy atom. The van der Waals surface area contributed by atoms with Crippen molar-refractivity contribution in [2.45, 2.75) is 0 Å². The zero-order chi connectivity index (χ0) is 16.9. The second kappa shape index (κ2) is 6.83. The molecule has 5 nitrogen and oxygen atoms in total. The third kappa shape index (κ3) is 3.70. The standard InChI is InChI=1S/C19H15NO4/c21-18(20-16-7-3-6-15(10-16)19(22)23)12-24-17-9-8-13-4-1-2-5-14(13)11-17/h1-11H,12H2,(H,20,21)(H,22,23)/p-1. The van der Waals surface area contributed by atoms with E-state index in [1.807, 2.05) is 36.4 Å². The number of anilines is 1. The lowest BCUT2D eigenvalue weighted by Gasteiger charge is -2.10. The molecular weight excluding hydrogens is 306 g/mol. The van der Waals surface area contributed by atoms with Gasteiger partial charge in [0.05, 0.1) is 5.97 Å². The predicted molar refractivity (Wildman–Crippen MR) is 88.8 cm³/mol. The highest BCUT2D eigenvalue weighted by Gasteiger charge is 2.05. The lowest BCUT2D eigenvalue weighted by molar-refractivity contribution is -0.255. The minimum Gasteiger partial charge on any atom is -0.545 e. The SMILES string of the molecule is O=C(COc1ccc2ccccc2c1)Nc1cccc(C(=O)[O-])c1. The summed E-state index contributed by atoms with van der Waals surface area (Å²) < 4.78 is 5.49. The van der Waals surface area contributed by atoms with Gasteiger partial charge >= 0.3 is 0 Å². The molecule has 0 heterocycles. The fraction of sp³-hybridized carbons (Fsp3) is 0.0526. The van der Waals surface area contributed by atoms with Crippen molar-refractivity contribution >= 4 is 28.3 Å². The van der Waals surface area contributed by atoms with Gasteiger partial charge in [0, 0.05) is 5.69 Å². The molecule has 3 aromatic rings. The van der Waals surface area contributed by atoms with Crippen LogP contribution in [-0.2, 0) is 4.79 Å². The Kier molecular flexibility index (Phi) is 4.43. The van der Waals surface area contributed by atoms with Crippen LogP contribution in [0.2, 0.25) is 0 Å². The molecule has 0 unspecified atom stereocenters. The minimum atomic E-state index is -1.29. The molecule has 0 aliphatic rings. The molecule has 1 N–H and O–H groups in total. The highest BCUT2D eigenvalue weighted by molar-refractivity contribution is 5.94. The fourth-order valence-corrected chi connectivity index (χ4v) is 2.33. The molecule has 0 saturated heterocycles. The molecule has 120 valence electrons. The second-order valence-corrected chi connectivity index (χ2v) is 5.21. The molecule has 0 aliphatic heterocycles. The Labute approximate surface area is 138 Å². The third-order valence-corrected chi connectivity index (χ3v) is 3.47. The topological polar surface area (TPSA) is 78.5 Å². The smallest absolute Gasteiger partial charge is 0.262 e. The van der Waals surface area contributed by atoms with Crippen LogP contribution in [0.15, 0.2) is 66.7 Å². The van der Waals surface area contributed by atoms with Gasteiger partial charge in [-0.2, -0.15) is 0 Å². The molecule has 24 heavy (non-hydrogen) atoms. The normalized spacial score (nSPS) is 10.3. The largest absolute Gasteiger partial charge is 0.545 e. The molecule has 0 aromatic heterocycles. The summed E-state index contributed by atoms with van der Waals surface area (Å²) in [6.45, 7) is -0.173. The van der Waals surface area contributed by atoms with Crippen molar-refractivity contribution in [1.82, 2.24) is 0 Å². The maximum absolute atomic E-state index is 11.9. The molecule has 0 aliphatic carbocycles. The zero-order valence-corrected chi connectivity index (χ0v) is 12.7. The summed E-state index contributed by atoms with van der Waals surface area (Å²) in [7, 11) is 0. The van der Waals surface area contributed by atoms with E-state index in [0.717, 1.165) is 10.8 Å². The monoisotopic (exact) mass is 320 g/mol. The number of carbonyl (C=O) groups is 2. The maximum atomic E-state index is 11.9. The number of hydrogen-bond acceptors (Lipinski definition) is 4. The van der Waals surface area contributed by atoms with E-state index in [1.165, 1.54) is 18.2 Å². The summed E-state index contributed by atoms with van der Waals surface area (Å²) in [6, 6.07) is 19.3. The summed E-state index contributed by atoms with van der Waals surface area (Å²) in [5.74, 6) is -1.08. The number of hydrogen-bond donors (Lipinski definition) is 1. The molecule has 0 atom stereocenters. The van der Waals surface area contributed by atoms with Gasteiger partial charge in [-0.15, -0.1) is 0 Å². The second-order valence-electron chi connectivity index (χ2n) is 5.21. The van der Waals surface area contributed by atoms with Crippen molar-refractivity contribution in [3.05, 3.63) is 72.3 Å². The summed E-state index contributed by atoms with van der Waals surface area (Å²) >= 11 is 0. The van der Waals surface area contributed by atoms with Gasteiger partial charge in [-0.25, -0.2) is 0 Å². The summed E-state index contributed by atoms with van der Waals surface area (Å²) in [5.41, 5.74) is 0.382. The van der Waals surface area contributed by atoms with Gasteiger partial charge in [0.2, 0.25) is 0 Å². The van der Waals surface area contributed by atoms with Crippen LogP contribution >= 0.6 is 0 Å². The van der Waals surface area contributed by atoms with Crippen LogP contribution in [0.25, 0.3) is 10.8 Å². The fourth-order valence-electron chi connectivity index (χ4n) is 2.33. The highest BCUT2D eigenvalue weighted by Crippen LogP contribution is 2.20. The van der Waals surface area contributed by atoms with Gasteiger partial charge in [0.25, 0.3) is 5.91 Å². The summed E-state index contributed by atoms with van der Waals surface area (Å²) in [5, 5.41) is 15.5. The first-order valence-electron chi connectivity index (χ1n) is 7.35. The average Bonchev–Trinajstić information content (AvgIpc) is 2.60. The van der Waals surface area contributed by atoms with Crippen LogP contribution in [0.4, 0.5) is 5.69 Å². The lowest BCUT2D eigenvalue weighted by Crippen LogP contribution is -2.23. The third-order valence-electron chi connectivity index (χ3n) is 3.47. The van der Waals surface area contributed by atoms with E-state index < -0.39 is 5.97 Å². The number of aromatic carboxylic acids is 1. The summed E-state index contributed by atoms with van der Waals surface area (Å²) in [6.07, 6.45) is 0. The molecule has 3 aromatic carbocycles. The predicted octanol–water partition coefficient (Wildman–Crippen LogP) is 2.22. The number of rotatable bonds is 5. The zero-order valence-electron chi connectivity index (χ0n) is 12.7. The Morgan fingerprint density at radius 2 is 1.71 bits per heavy atom. The van der Waals surface area contributed by atoms with Crippen molar-refractivity contribution < 1.29 is 19.4 Å². The van der Waals surface area contributed by atoms with E-state index >= 15 is 0 Å². The Bertz CT molecular complexity index is 905.